The second-order valence-electron chi connectivity index (χ2n) is 5.39. The molecule has 1 fully saturated rings. The first-order valence-electron chi connectivity index (χ1n) is 7.08. The number of para-hydroxylation sites is 1. The van der Waals surface area contributed by atoms with Gasteiger partial charge >= 0.3 is 5.97 Å². The van der Waals surface area contributed by atoms with Crippen LogP contribution in [0.5, 0.6) is 0 Å². The number of benzene rings is 1. The van der Waals surface area contributed by atoms with E-state index in [9.17, 15) is 19.3 Å². The van der Waals surface area contributed by atoms with Gasteiger partial charge in [0.1, 0.15) is 0 Å². The predicted molar refractivity (Wildman–Crippen MR) is 80.1 cm³/mol. The Hall–Kier alpha value is -2.26. The van der Waals surface area contributed by atoms with Gasteiger partial charge in [0.25, 0.3) is 5.69 Å². The van der Waals surface area contributed by atoms with Crippen LogP contribution in [0.4, 0.5) is 15.8 Å². The summed E-state index contributed by atoms with van der Waals surface area (Å²) in [5, 5.41) is 19.9. The summed E-state index contributed by atoms with van der Waals surface area (Å²) in [6.07, 6.45) is -0.354. The molecule has 1 aliphatic rings. The Labute approximate surface area is 132 Å². The number of ether oxygens (including phenoxy) is 1. The Morgan fingerprint density at radius 1 is 1.61 bits per heavy atom. The van der Waals surface area contributed by atoms with Crippen LogP contribution < -0.4 is 4.90 Å². The number of carboxylic acid groups (broad SMARTS) is 1. The summed E-state index contributed by atoms with van der Waals surface area (Å²) in [4.78, 5) is 24.3. The van der Waals surface area contributed by atoms with Gasteiger partial charge in [0.2, 0.25) is 0 Å². The van der Waals surface area contributed by atoms with E-state index in [-0.39, 0.29) is 37.2 Å². The van der Waals surface area contributed by atoms with E-state index in [1.165, 1.54) is 18.2 Å². The molecule has 2 rings (SSSR count). The molecule has 23 heavy (non-hydrogen) atoms. The first kappa shape index (κ1) is 17.1. The molecule has 1 heterocycles. The molecule has 1 aromatic rings. The third kappa shape index (κ3) is 4.36. The summed E-state index contributed by atoms with van der Waals surface area (Å²) in [7, 11) is 1.64. The van der Waals surface area contributed by atoms with Crippen LogP contribution in [0.15, 0.2) is 18.2 Å². The molecule has 0 amide bonds. The molecule has 0 aliphatic carbocycles. The number of anilines is 1. The topological polar surface area (TPSA) is 96.2 Å². The molecule has 0 radical (unpaired) electrons. The van der Waals surface area contributed by atoms with Gasteiger partial charge in [0, 0.05) is 25.7 Å². The molecule has 1 aliphatic heterocycles. The Bertz CT molecular complexity index is 598. The number of nitro benzene ring substituents is 1. The summed E-state index contributed by atoms with van der Waals surface area (Å²) in [6, 6.07) is 3.75. The number of rotatable bonds is 6. The third-order valence-corrected chi connectivity index (χ3v) is 3.54. The molecule has 1 unspecified atom stereocenters. The molecule has 8 nitrogen and oxygen atoms in total. The average molecular weight is 327 g/mol. The minimum atomic E-state index is -0.954. The minimum Gasteiger partial charge on any atom is -0.480 e. The van der Waals surface area contributed by atoms with E-state index in [2.05, 4.69) is 0 Å². The van der Waals surface area contributed by atoms with Crippen molar-refractivity contribution in [1.29, 1.82) is 0 Å². The van der Waals surface area contributed by atoms with Gasteiger partial charge in [-0.2, -0.15) is 0 Å². The Morgan fingerprint density at radius 2 is 2.35 bits per heavy atom. The number of hydrogen-bond acceptors (Lipinski definition) is 6. The number of hydrogen-bond donors (Lipinski definition) is 1. The lowest BCUT2D eigenvalue weighted by molar-refractivity contribution is -0.384. The second kappa shape index (κ2) is 7.34. The molecule has 1 atom stereocenters. The van der Waals surface area contributed by atoms with Crippen molar-refractivity contribution in [1.82, 2.24) is 4.90 Å². The minimum absolute atomic E-state index is 0.0494. The van der Waals surface area contributed by atoms with Crippen LogP contribution in [0.1, 0.15) is 0 Å². The quantitative estimate of drug-likeness (QED) is 0.614. The number of halogens is 1. The molecule has 0 bridgehead atoms. The lowest BCUT2D eigenvalue weighted by atomic mass is 10.2. The smallest absolute Gasteiger partial charge is 0.317 e. The highest BCUT2D eigenvalue weighted by Crippen LogP contribution is 2.32. The first-order valence-corrected chi connectivity index (χ1v) is 7.08. The maximum absolute atomic E-state index is 14.1. The Balaban J connectivity index is 2.13. The molecular formula is C14H18FN3O5. The van der Waals surface area contributed by atoms with Gasteiger partial charge in [-0.1, -0.05) is 6.07 Å². The van der Waals surface area contributed by atoms with Crippen molar-refractivity contribution in [3.05, 3.63) is 34.1 Å². The molecule has 0 aromatic heterocycles. The zero-order valence-electron chi connectivity index (χ0n) is 12.6. The van der Waals surface area contributed by atoms with E-state index in [1.54, 1.807) is 16.8 Å². The van der Waals surface area contributed by atoms with Crippen molar-refractivity contribution >= 4 is 17.3 Å². The lowest BCUT2D eigenvalue weighted by Gasteiger charge is -2.35. The van der Waals surface area contributed by atoms with Crippen LogP contribution in [0, 0.1) is 15.9 Å². The maximum atomic E-state index is 14.1. The monoisotopic (exact) mass is 327 g/mol. The Morgan fingerprint density at radius 3 is 3.00 bits per heavy atom. The molecular weight excluding hydrogens is 309 g/mol. The van der Waals surface area contributed by atoms with Gasteiger partial charge in [-0.3, -0.25) is 19.8 Å². The zero-order valence-corrected chi connectivity index (χ0v) is 12.6. The molecule has 126 valence electrons. The van der Waals surface area contributed by atoms with Gasteiger partial charge in [-0.25, -0.2) is 4.39 Å². The number of aliphatic carboxylic acids is 1. The number of carboxylic acids is 1. The average Bonchev–Trinajstić information content (AvgIpc) is 2.46. The normalized spacial score (nSPS) is 18.2. The van der Waals surface area contributed by atoms with Crippen molar-refractivity contribution in [2.45, 2.75) is 6.10 Å². The Kier molecular flexibility index (Phi) is 5.45. The van der Waals surface area contributed by atoms with E-state index in [0.717, 1.165) is 0 Å². The third-order valence-electron chi connectivity index (χ3n) is 3.54. The van der Waals surface area contributed by atoms with E-state index >= 15 is 0 Å². The number of nitro groups is 1. The first-order chi connectivity index (χ1) is 10.9. The molecule has 0 spiro atoms. The fraction of sp³-hybridized carbons (Fsp3) is 0.500. The van der Waals surface area contributed by atoms with Crippen LogP contribution in [-0.2, 0) is 9.53 Å². The number of nitrogens with zero attached hydrogens (tertiary/aromatic N) is 3. The summed E-state index contributed by atoms with van der Waals surface area (Å²) in [6.45, 7) is 1.08. The number of morpholine rings is 1. The van der Waals surface area contributed by atoms with Gasteiger partial charge in [0.15, 0.2) is 11.5 Å². The summed E-state index contributed by atoms with van der Waals surface area (Å²) in [5.74, 6) is -1.61. The molecule has 1 aromatic carbocycles. The van der Waals surface area contributed by atoms with E-state index in [4.69, 9.17) is 9.84 Å². The largest absolute Gasteiger partial charge is 0.480 e. The van der Waals surface area contributed by atoms with E-state index < -0.39 is 16.7 Å². The number of likely N-dealkylation sites (N-methyl/N-ethyl adjacent to an activating group) is 1. The van der Waals surface area contributed by atoms with Crippen molar-refractivity contribution < 1.29 is 24.0 Å². The fourth-order valence-electron chi connectivity index (χ4n) is 2.64. The SMILES string of the molecule is CN(CC(=O)O)CC1CN(c2c(F)cccc2[N+](=O)[O-])CCO1. The van der Waals surface area contributed by atoms with Gasteiger partial charge in [-0.05, 0) is 13.1 Å². The van der Waals surface area contributed by atoms with Gasteiger partial charge in [0.05, 0.1) is 24.2 Å². The summed E-state index contributed by atoms with van der Waals surface area (Å²) >= 11 is 0. The van der Waals surface area contributed by atoms with E-state index in [1.807, 2.05) is 0 Å². The maximum Gasteiger partial charge on any atom is 0.317 e. The van der Waals surface area contributed by atoms with Crippen molar-refractivity contribution in [2.24, 2.45) is 0 Å². The summed E-state index contributed by atoms with van der Waals surface area (Å²) < 4.78 is 19.6. The highest BCUT2D eigenvalue weighted by atomic mass is 19.1. The molecule has 9 heteroatoms. The van der Waals surface area contributed by atoms with Crippen molar-refractivity contribution in [2.75, 3.05) is 44.7 Å². The van der Waals surface area contributed by atoms with Crippen LogP contribution in [-0.4, -0.2) is 66.8 Å². The molecule has 0 saturated carbocycles. The van der Waals surface area contributed by atoms with E-state index in [0.29, 0.717) is 13.1 Å². The highest BCUT2D eigenvalue weighted by Gasteiger charge is 2.29. The van der Waals surface area contributed by atoms with Crippen LogP contribution in [0.2, 0.25) is 0 Å². The molecule has 1 saturated heterocycles. The number of carbonyl (C=O) groups is 1. The fourth-order valence-corrected chi connectivity index (χ4v) is 2.64. The second-order valence-corrected chi connectivity index (χ2v) is 5.39. The van der Waals surface area contributed by atoms with Crippen molar-refractivity contribution in [3.63, 3.8) is 0 Å². The van der Waals surface area contributed by atoms with Crippen molar-refractivity contribution in [3.8, 4) is 0 Å². The predicted octanol–water partition coefficient (Wildman–Crippen LogP) is 0.955. The highest BCUT2D eigenvalue weighted by molar-refractivity contribution is 5.69. The van der Waals surface area contributed by atoms with Crippen LogP contribution in [0.3, 0.4) is 0 Å². The summed E-state index contributed by atoms with van der Waals surface area (Å²) in [5.41, 5.74) is -0.337. The van der Waals surface area contributed by atoms with Crippen LogP contribution in [0.25, 0.3) is 0 Å². The zero-order chi connectivity index (χ0) is 17.0. The lowest BCUT2D eigenvalue weighted by Crippen LogP contribution is -2.48. The molecule has 1 N–H and O–H groups in total. The standard InChI is InChI=1S/C14H18FN3O5/c1-16(9-13(19)20)7-10-8-17(5-6-23-10)14-11(15)3-2-4-12(14)18(21)22/h2-4,10H,5-9H2,1H3,(H,19,20). The van der Waals surface area contributed by atoms with Crippen LogP contribution >= 0.6 is 0 Å². The van der Waals surface area contributed by atoms with Gasteiger partial charge < -0.3 is 14.7 Å². The van der Waals surface area contributed by atoms with Gasteiger partial charge in [-0.15, -0.1) is 0 Å².